The number of hydrogen-bond donors (Lipinski definition) is 0. The number of rotatable bonds is 3. The van der Waals surface area contributed by atoms with Crippen molar-refractivity contribution >= 4 is 16.8 Å². The quantitative estimate of drug-likeness (QED) is 0.740. The molecule has 0 saturated carbocycles. The van der Waals surface area contributed by atoms with Crippen molar-refractivity contribution in [2.24, 2.45) is 0 Å². The zero-order valence-electron chi connectivity index (χ0n) is 14.0. The number of carbonyl (C=O) groups excluding carboxylic acids is 1. The summed E-state index contributed by atoms with van der Waals surface area (Å²) in [5, 5.41) is 9.22. The Bertz CT molecular complexity index is 873. The lowest BCUT2D eigenvalue weighted by molar-refractivity contribution is 0.0622. The van der Waals surface area contributed by atoms with Crippen molar-refractivity contribution in [3.05, 3.63) is 71.9 Å². The molecule has 0 atom stereocenters. The van der Waals surface area contributed by atoms with Gasteiger partial charge in [-0.25, -0.2) is 0 Å². The van der Waals surface area contributed by atoms with Gasteiger partial charge in [-0.3, -0.25) is 9.69 Å². The normalized spacial score (nSPS) is 15.4. The molecular weight excluding hydrogens is 312 g/mol. The van der Waals surface area contributed by atoms with E-state index in [0.717, 1.165) is 43.6 Å². The molecule has 126 valence electrons. The molecular formula is C20H20N4O. The molecule has 0 radical (unpaired) electrons. The fraction of sp³-hybridized carbons (Fsp3) is 0.250. The Hall–Kier alpha value is -2.79. The first kappa shape index (κ1) is 15.7. The maximum atomic E-state index is 12.7. The number of benzene rings is 2. The van der Waals surface area contributed by atoms with Crippen LogP contribution in [0.2, 0.25) is 0 Å². The van der Waals surface area contributed by atoms with E-state index < -0.39 is 0 Å². The van der Waals surface area contributed by atoms with Crippen molar-refractivity contribution < 1.29 is 4.79 Å². The second-order valence-electron chi connectivity index (χ2n) is 6.34. The van der Waals surface area contributed by atoms with Gasteiger partial charge < -0.3 is 4.90 Å². The molecule has 5 heteroatoms. The zero-order chi connectivity index (χ0) is 17.1. The lowest BCUT2D eigenvalue weighted by Gasteiger charge is -2.34. The number of amides is 1. The first-order valence-electron chi connectivity index (χ1n) is 8.58. The average Bonchev–Trinajstić information content (AvgIpc) is 2.68. The molecule has 0 aliphatic carbocycles. The van der Waals surface area contributed by atoms with Crippen LogP contribution in [0.15, 0.2) is 60.7 Å². The molecule has 3 aromatic rings. The van der Waals surface area contributed by atoms with Gasteiger partial charge in [0.15, 0.2) is 5.69 Å². The summed E-state index contributed by atoms with van der Waals surface area (Å²) in [5.41, 5.74) is 2.55. The molecule has 5 nitrogen and oxygen atoms in total. The fourth-order valence-electron chi connectivity index (χ4n) is 3.20. The number of piperazine rings is 1. The van der Waals surface area contributed by atoms with Crippen LogP contribution in [0, 0.1) is 0 Å². The van der Waals surface area contributed by atoms with Gasteiger partial charge in [0, 0.05) is 38.1 Å². The molecule has 0 spiro atoms. The van der Waals surface area contributed by atoms with E-state index in [2.05, 4.69) is 39.4 Å². The van der Waals surface area contributed by atoms with Gasteiger partial charge in [0.2, 0.25) is 0 Å². The van der Waals surface area contributed by atoms with Gasteiger partial charge in [0.1, 0.15) is 0 Å². The SMILES string of the molecule is O=C(c1cc2ccccc2nn1)N1CCN(Cc2ccccc2)CC1. The Morgan fingerprint density at radius 2 is 1.60 bits per heavy atom. The van der Waals surface area contributed by atoms with Crippen molar-refractivity contribution in [3.8, 4) is 0 Å². The Morgan fingerprint density at radius 3 is 2.40 bits per heavy atom. The van der Waals surface area contributed by atoms with E-state index in [1.165, 1.54) is 5.56 Å². The van der Waals surface area contributed by atoms with Crippen molar-refractivity contribution in [2.45, 2.75) is 6.54 Å². The third-order valence-corrected chi connectivity index (χ3v) is 4.62. The molecule has 1 aliphatic heterocycles. The molecule has 2 aromatic carbocycles. The predicted molar refractivity (Wildman–Crippen MR) is 97.2 cm³/mol. The summed E-state index contributed by atoms with van der Waals surface area (Å²) in [6.45, 7) is 4.13. The standard InChI is InChI=1S/C20H20N4O/c25-20(19-14-17-8-4-5-9-18(17)21-22-19)24-12-10-23(11-13-24)15-16-6-2-1-3-7-16/h1-9,14H,10-13,15H2. The van der Waals surface area contributed by atoms with Crippen molar-refractivity contribution in [2.75, 3.05) is 26.2 Å². The van der Waals surface area contributed by atoms with Crippen LogP contribution in [0.25, 0.3) is 10.9 Å². The summed E-state index contributed by atoms with van der Waals surface area (Å²) >= 11 is 0. The van der Waals surface area contributed by atoms with Crippen LogP contribution in [0.3, 0.4) is 0 Å². The van der Waals surface area contributed by atoms with Gasteiger partial charge in [0.25, 0.3) is 5.91 Å². The van der Waals surface area contributed by atoms with E-state index in [1.54, 1.807) is 0 Å². The Labute approximate surface area is 146 Å². The Kier molecular flexibility index (Phi) is 4.39. The van der Waals surface area contributed by atoms with Gasteiger partial charge in [-0.05, 0) is 17.7 Å². The summed E-state index contributed by atoms with van der Waals surface area (Å²) in [6.07, 6.45) is 0. The number of fused-ring (bicyclic) bond motifs is 1. The van der Waals surface area contributed by atoms with Crippen LogP contribution in [0.4, 0.5) is 0 Å². The van der Waals surface area contributed by atoms with Crippen LogP contribution in [0.5, 0.6) is 0 Å². The molecule has 1 amide bonds. The van der Waals surface area contributed by atoms with E-state index >= 15 is 0 Å². The van der Waals surface area contributed by atoms with Gasteiger partial charge in [-0.15, -0.1) is 10.2 Å². The summed E-state index contributed by atoms with van der Waals surface area (Å²) in [6, 6.07) is 20.0. The largest absolute Gasteiger partial charge is 0.335 e. The van der Waals surface area contributed by atoms with E-state index in [9.17, 15) is 4.79 Å². The molecule has 1 aliphatic rings. The highest BCUT2D eigenvalue weighted by molar-refractivity contribution is 5.95. The molecule has 25 heavy (non-hydrogen) atoms. The maximum absolute atomic E-state index is 12.7. The monoisotopic (exact) mass is 332 g/mol. The fourth-order valence-corrected chi connectivity index (χ4v) is 3.20. The first-order valence-corrected chi connectivity index (χ1v) is 8.58. The Morgan fingerprint density at radius 1 is 0.880 bits per heavy atom. The third kappa shape index (κ3) is 3.51. The highest BCUT2D eigenvalue weighted by Gasteiger charge is 2.23. The maximum Gasteiger partial charge on any atom is 0.274 e. The molecule has 0 N–H and O–H groups in total. The average molecular weight is 332 g/mol. The highest BCUT2D eigenvalue weighted by atomic mass is 16.2. The van der Waals surface area contributed by atoms with Gasteiger partial charge in [-0.1, -0.05) is 48.5 Å². The van der Waals surface area contributed by atoms with Crippen LogP contribution in [-0.2, 0) is 6.54 Å². The molecule has 1 fully saturated rings. The van der Waals surface area contributed by atoms with E-state index in [1.807, 2.05) is 41.3 Å². The predicted octanol–water partition coefficient (Wildman–Crippen LogP) is 2.59. The smallest absolute Gasteiger partial charge is 0.274 e. The zero-order valence-corrected chi connectivity index (χ0v) is 14.0. The van der Waals surface area contributed by atoms with Crippen LogP contribution < -0.4 is 0 Å². The Balaban J connectivity index is 1.40. The summed E-state index contributed by atoms with van der Waals surface area (Å²) in [5.74, 6) is -0.0300. The minimum absolute atomic E-state index is 0.0300. The van der Waals surface area contributed by atoms with Crippen molar-refractivity contribution in [3.63, 3.8) is 0 Å². The van der Waals surface area contributed by atoms with Crippen LogP contribution >= 0.6 is 0 Å². The number of hydrogen-bond acceptors (Lipinski definition) is 4. The number of carbonyl (C=O) groups is 1. The summed E-state index contributed by atoms with van der Waals surface area (Å²) in [7, 11) is 0. The number of nitrogens with zero attached hydrogens (tertiary/aromatic N) is 4. The van der Waals surface area contributed by atoms with E-state index in [4.69, 9.17) is 0 Å². The lowest BCUT2D eigenvalue weighted by Crippen LogP contribution is -2.48. The minimum atomic E-state index is -0.0300. The third-order valence-electron chi connectivity index (χ3n) is 4.62. The van der Waals surface area contributed by atoms with Gasteiger partial charge in [-0.2, -0.15) is 0 Å². The molecule has 0 bridgehead atoms. The van der Waals surface area contributed by atoms with Crippen LogP contribution in [0.1, 0.15) is 16.1 Å². The van der Waals surface area contributed by atoms with E-state index in [-0.39, 0.29) is 5.91 Å². The molecule has 1 aromatic heterocycles. The first-order chi connectivity index (χ1) is 12.3. The van der Waals surface area contributed by atoms with Gasteiger partial charge in [0.05, 0.1) is 5.52 Å². The lowest BCUT2D eigenvalue weighted by atomic mass is 10.2. The molecule has 2 heterocycles. The van der Waals surface area contributed by atoms with Gasteiger partial charge >= 0.3 is 0 Å². The van der Waals surface area contributed by atoms with Crippen LogP contribution in [-0.4, -0.2) is 52.1 Å². The van der Waals surface area contributed by atoms with E-state index in [0.29, 0.717) is 5.69 Å². The second kappa shape index (κ2) is 6.99. The number of aromatic nitrogens is 2. The molecule has 0 unspecified atom stereocenters. The highest BCUT2D eigenvalue weighted by Crippen LogP contribution is 2.14. The molecule has 1 saturated heterocycles. The van der Waals surface area contributed by atoms with Crippen molar-refractivity contribution in [1.82, 2.24) is 20.0 Å². The summed E-state index contributed by atoms with van der Waals surface area (Å²) < 4.78 is 0. The molecule has 4 rings (SSSR count). The summed E-state index contributed by atoms with van der Waals surface area (Å²) in [4.78, 5) is 17.0. The topological polar surface area (TPSA) is 49.3 Å². The van der Waals surface area contributed by atoms with Crippen molar-refractivity contribution in [1.29, 1.82) is 0 Å². The second-order valence-corrected chi connectivity index (χ2v) is 6.34. The minimum Gasteiger partial charge on any atom is -0.335 e.